The van der Waals surface area contributed by atoms with Crippen LogP contribution in [0.5, 0.6) is 0 Å². The predicted molar refractivity (Wildman–Crippen MR) is 110 cm³/mol. The number of carbonyl (C=O) groups excluding carboxylic acids is 5. The van der Waals surface area contributed by atoms with Gasteiger partial charge in [-0.05, 0) is 19.3 Å². The molecular weight excluding hydrogens is 454 g/mol. The SMILES string of the molecule is CC(=O)OCC1OC(N2N=NC(C(=N)N3CCCCC3)C(=O)C2=O)C(OC(C)=O)C1OC(C)=O. The van der Waals surface area contributed by atoms with Crippen molar-refractivity contribution < 1.29 is 42.9 Å². The fraction of sp³-hybridized carbons (Fsp3) is 0.700. The lowest BCUT2D eigenvalue weighted by atomic mass is 10.1. The van der Waals surface area contributed by atoms with Gasteiger partial charge in [-0.1, -0.05) is 5.22 Å². The Labute approximate surface area is 195 Å². The molecule has 0 aromatic rings. The Morgan fingerprint density at radius 3 is 2.21 bits per heavy atom. The molecule has 3 aliphatic heterocycles. The van der Waals surface area contributed by atoms with E-state index in [2.05, 4.69) is 10.3 Å². The first-order valence-electron chi connectivity index (χ1n) is 10.8. The third-order valence-corrected chi connectivity index (χ3v) is 5.47. The van der Waals surface area contributed by atoms with Crippen molar-refractivity contribution in [2.45, 2.75) is 70.6 Å². The van der Waals surface area contributed by atoms with Crippen molar-refractivity contribution in [3.05, 3.63) is 0 Å². The number of Topliss-reactive ketones (excluding diaryl/α,β-unsaturated/α-hetero) is 1. The van der Waals surface area contributed by atoms with Crippen LogP contribution in [-0.4, -0.2) is 95.6 Å². The number of amidine groups is 1. The van der Waals surface area contributed by atoms with Crippen LogP contribution in [0.25, 0.3) is 0 Å². The summed E-state index contributed by atoms with van der Waals surface area (Å²) in [7, 11) is 0. The second kappa shape index (κ2) is 10.7. The highest BCUT2D eigenvalue weighted by atomic mass is 16.7. The lowest BCUT2D eigenvalue weighted by Crippen LogP contribution is -2.55. The Kier molecular flexibility index (Phi) is 7.91. The Hall–Kier alpha value is -3.42. The molecule has 0 bridgehead atoms. The number of carbonyl (C=O) groups is 5. The molecule has 1 amide bonds. The van der Waals surface area contributed by atoms with Gasteiger partial charge < -0.3 is 23.8 Å². The summed E-state index contributed by atoms with van der Waals surface area (Å²) in [6, 6.07) is -1.39. The molecule has 0 aromatic carbocycles. The average molecular weight is 481 g/mol. The number of hydrogen-bond donors (Lipinski definition) is 1. The van der Waals surface area contributed by atoms with Gasteiger partial charge in [0.1, 0.15) is 18.5 Å². The molecule has 14 heteroatoms. The maximum atomic E-state index is 12.9. The lowest BCUT2D eigenvalue weighted by Gasteiger charge is -2.33. The van der Waals surface area contributed by atoms with E-state index in [0.29, 0.717) is 18.1 Å². The summed E-state index contributed by atoms with van der Waals surface area (Å²) < 4.78 is 21.1. The van der Waals surface area contributed by atoms with E-state index in [1.54, 1.807) is 4.90 Å². The maximum absolute atomic E-state index is 12.9. The van der Waals surface area contributed by atoms with E-state index in [1.165, 1.54) is 0 Å². The minimum Gasteiger partial charge on any atom is -0.463 e. The first-order chi connectivity index (χ1) is 16.1. The zero-order valence-electron chi connectivity index (χ0n) is 19.1. The third kappa shape index (κ3) is 5.55. The minimum absolute atomic E-state index is 0.115. The van der Waals surface area contributed by atoms with Gasteiger partial charge >= 0.3 is 23.8 Å². The summed E-state index contributed by atoms with van der Waals surface area (Å²) in [6.45, 7) is 4.16. The summed E-state index contributed by atoms with van der Waals surface area (Å²) in [5.74, 6) is -4.39. The van der Waals surface area contributed by atoms with Gasteiger partial charge in [0.25, 0.3) is 5.78 Å². The van der Waals surface area contributed by atoms with Gasteiger partial charge in [-0.2, -0.15) is 10.1 Å². The van der Waals surface area contributed by atoms with E-state index < -0.39 is 60.2 Å². The van der Waals surface area contributed by atoms with Crippen LogP contribution in [0.15, 0.2) is 10.3 Å². The summed E-state index contributed by atoms with van der Waals surface area (Å²) >= 11 is 0. The number of ether oxygens (including phenoxy) is 4. The standard InChI is InChI=1S/C20H27N5O9/c1-10(26)31-9-13-16(32-11(2)27)17(33-12(3)28)20(34-13)25-19(30)15(29)14(22-23-25)18(21)24-7-5-4-6-8-24/h13-14,16-17,20-21H,4-9H2,1-3H3. The second-order valence-electron chi connectivity index (χ2n) is 8.07. The van der Waals surface area contributed by atoms with Crippen LogP contribution in [0.2, 0.25) is 0 Å². The van der Waals surface area contributed by atoms with Gasteiger partial charge in [-0.3, -0.25) is 29.4 Å². The molecule has 2 saturated heterocycles. The Balaban J connectivity index is 1.85. The highest BCUT2D eigenvalue weighted by molar-refractivity contribution is 6.42. The lowest BCUT2D eigenvalue weighted by molar-refractivity contribution is -0.174. The normalized spacial score (nSPS) is 29.1. The molecule has 0 aromatic heterocycles. The highest BCUT2D eigenvalue weighted by Crippen LogP contribution is 2.32. The third-order valence-electron chi connectivity index (χ3n) is 5.47. The summed E-state index contributed by atoms with van der Waals surface area (Å²) in [6.07, 6.45) is -2.50. The molecule has 14 nitrogen and oxygen atoms in total. The molecular formula is C20H27N5O9. The van der Waals surface area contributed by atoms with Gasteiger partial charge in [0, 0.05) is 33.9 Å². The zero-order chi connectivity index (χ0) is 25.0. The Bertz CT molecular complexity index is 901. The van der Waals surface area contributed by atoms with E-state index in [1.807, 2.05) is 0 Å². The molecule has 3 heterocycles. The fourth-order valence-corrected chi connectivity index (χ4v) is 3.97. The van der Waals surface area contributed by atoms with E-state index >= 15 is 0 Å². The number of piperidine rings is 1. The molecule has 5 unspecified atom stereocenters. The second-order valence-corrected chi connectivity index (χ2v) is 8.07. The van der Waals surface area contributed by atoms with Crippen molar-refractivity contribution in [1.82, 2.24) is 9.91 Å². The molecule has 2 fully saturated rings. The van der Waals surface area contributed by atoms with Crippen LogP contribution in [0.4, 0.5) is 0 Å². The maximum Gasteiger partial charge on any atom is 0.316 e. The Morgan fingerprint density at radius 1 is 1.00 bits per heavy atom. The average Bonchev–Trinajstić information content (AvgIpc) is 3.10. The molecule has 0 saturated carbocycles. The van der Waals surface area contributed by atoms with Crippen LogP contribution in [-0.2, 0) is 42.9 Å². The van der Waals surface area contributed by atoms with Gasteiger partial charge in [-0.15, -0.1) is 0 Å². The predicted octanol–water partition coefficient (Wildman–Crippen LogP) is -0.252. The molecule has 34 heavy (non-hydrogen) atoms. The van der Waals surface area contributed by atoms with Crippen LogP contribution in [0, 0.1) is 5.41 Å². The van der Waals surface area contributed by atoms with Crippen molar-refractivity contribution in [1.29, 1.82) is 5.41 Å². The monoisotopic (exact) mass is 481 g/mol. The summed E-state index contributed by atoms with van der Waals surface area (Å²) in [4.78, 5) is 62.1. The molecule has 5 atom stereocenters. The molecule has 186 valence electrons. The van der Waals surface area contributed by atoms with Crippen LogP contribution < -0.4 is 0 Å². The van der Waals surface area contributed by atoms with Gasteiger partial charge in [0.05, 0.1) is 0 Å². The van der Waals surface area contributed by atoms with Gasteiger partial charge in [0.15, 0.2) is 24.5 Å². The van der Waals surface area contributed by atoms with Gasteiger partial charge in [0.2, 0.25) is 0 Å². The van der Waals surface area contributed by atoms with E-state index in [-0.39, 0.29) is 12.4 Å². The summed E-state index contributed by atoms with van der Waals surface area (Å²) in [5.41, 5.74) is 0. The number of ketones is 1. The Morgan fingerprint density at radius 2 is 1.62 bits per heavy atom. The van der Waals surface area contributed by atoms with Crippen LogP contribution in [0.1, 0.15) is 40.0 Å². The van der Waals surface area contributed by atoms with E-state index in [0.717, 1.165) is 40.0 Å². The van der Waals surface area contributed by atoms with Crippen molar-refractivity contribution in [3.63, 3.8) is 0 Å². The number of amides is 1. The first kappa shape index (κ1) is 25.2. The van der Waals surface area contributed by atoms with Crippen LogP contribution >= 0.6 is 0 Å². The quantitative estimate of drug-likeness (QED) is 0.175. The topological polar surface area (TPSA) is 177 Å². The van der Waals surface area contributed by atoms with E-state index in [9.17, 15) is 24.0 Å². The minimum atomic E-state index is -1.49. The van der Waals surface area contributed by atoms with Crippen molar-refractivity contribution in [3.8, 4) is 0 Å². The number of hydrogen-bond acceptors (Lipinski definition) is 12. The molecule has 3 rings (SSSR count). The number of nitrogens with one attached hydrogen (secondary N) is 1. The number of rotatable bonds is 6. The molecule has 0 radical (unpaired) electrons. The van der Waals surface area contributed by atoms with Crippen molar-refractivity contribution in [2.24, 2.45) is 10.3 Å². The molecule has 0 spiro atoms. The first-order valence-corrected chi connectivity index (χ1v) is 10.8. The van der Waals surface area contributed by atoms with E-state index in [4.69, 9.17) is 24.4 Å². The number of nitrogens with zero attached hydrogens (tertiary/aromatic N) is 4. The van der Waals surface area contributed by atoms with Crippen molar-refractivity contribution >= 4 is 35.4 Å². The van der Waals surface area contributed by atoms with Crippen LogP contribution in [0.3, 0.4) is 0 Å². The fourth-order valence-electron chi connectivity index (χ4n) is 3.97. The highest BCUT2D eigenvalue weighted by Gasteiger charge is 2.55. The van der Waals surface area contributed by atoms with Gasteiger partial charge in [-0.25, -0.2) is 0 Å². The van der Waals surface area contributed by atoms with Crippen molar-refractivity contribution in [2.75, 3.05) is 19.7 Å². The number of likely N-dealkylation sites (tertiary alicyclic amines) is 1. The smallest absolute Gasteiger partial charge is 0.316 e. The summed E-state index contributed by atoms with van der Waals surface area (Å²) in [5, 5.41) is 16.6. The zero-order valence-corrected chi connectivity index (χ0v) is 19.1. The largest absolute Gasteiger partial charge is 0.463 e. The molecule has 3 aliphatic rings. The number of esters is 3. The molecule has 1 N–H and O–H groups in total. The molecule has 0 aliphatic carbocycles.